The van der Waals surface area contributed by atoms with Crippen LogP contribution in [0.5, 0.6) is 5.88 Å². The van der Waals surface area contributed by atoms with E-state index in [0.717, 1.165) is 5.56 Å². The van der Waals surface area contributed by atoms with Crippen LogP contribution in [0.3, 0.4) is 0 Å². The Morgan fingerprint density at radius 2 is 2.00 bits per heavy atom. The van der Waals surface area contributed by atoms with Gasteiger partial charge in [0.05, 0.1) is 17.8 Å². The van der Waals surface area contributed by atoms with Crippen LogP contribution in [0.4, 0.5) is 4.39 Å². The fourth-order valence-electron chi connectivity index (χ4n) is 3.04. The lowest BCUT2D eigenvalue weighted by Gasteiger charge is -2.24. The molecule has 0 fully saturated rings. The van der Waals surface area contributed by atoms with Crippen LogP contribution in [0.25, 0.3) is 11.1 Å². The summed E-state index contributed by atoms with van der Waals surface area (Å²) in [5, 5.41) is 9.56. The topological polar surface area (TPSA) is 118 Å². The molecule has 27 heavy (non-hydrogen) atoms. The van der Waals surface area contributed by atoms with Gasteiger partial charge in [-0.15, -0.1) is 0 Å². The van der Waals surface area contributed by atoms with Gasteiger partial charge in [0.2, 0.25) is 11.8 Å². The molecule has 1 aliphatic heterocycles. The smallest absolute Gasteiger partial charge is 0.258 e. The van der Waals surface area contributed by atoms with E-state index in [0.29, 0.717) is 11.1 Å². The molecule has 0 saturated heterocycles. The van der Waals surface area contributed by atoms with Crippen molar-refractivity contribution in [3.63, 3.8) is 0 Å². The summed E-state index contributed by atoms with van der Waals surface area (Å²) >= 11 is 0. The fraction of sp³-hybridized carbons (Fsp3) is 0.0526. The second-order valence-corrected chi connectivity index (χ2v) is 5.89. The molecule has 0 radical (unpaired) electrons. The quantitative estimate of drug-likeness (QED) is 0.722. The molecule has 3 N–H and O–H groups in total. The van der Waals surface area contributed by atoms with Crippen molar-refractivity contribution in [1.29, 1.82) is 5.26 Å². The van der Waals surface area contributed by atoms with Gasteiger partial charge in [0.25, 0.3) is 5.56 Å². The predicted octanol–water partition coefficient (Wildman–Crippen LogP) is 2.19. The van der Waals surface area contributed by atoms with E-state index in [1.54, 1.807) is 30.6 Å². The number of halogens is 1. The molecule has 1 aliphatic rings. The summed E-state index contributed by atoms with van der Waals surface area (Å²) in [6.07, 6.45) is 4.36. The van der Waals surface area contributed by atoms with Crippen LogP contribution < -0.4 is 16.0 Å². The van der Waals surface area contributed by atoms with Crippen LogP contribution in [0.1, 0.15) is 17.0 Å². The van der Waals surface area contributed by atoms with E-state index < -0.39 is 11.5 Å². The molecule has 0 saturated carbocycles. The Morgan fingerprint density at radius 3 is 2.74 bits per heavy atom. The van der Waals surface area contributed by atoms with Gasteiger partial charge in [-0.1, -0.05) is 12.1 Å². The Balaban J connectivity index is 1.90. The number of nitrogens with zero attached hydrogens (tertiary/aromatic N) is 3. The zero-order valence-electron chi connectivity index (χ0n) is 13.8. The summed E-state index contributed by atoms with van der Waals surface area (Å²) < 4.78 is 18.5. The molecule has 132 valence electrons. The zero-order valence-corrected chi connectivity index (χ0v) is 13.8. The van der Waals surface area contributed by atoms with Gasteiger partial charge < -0.3 is 15.5 Å². The van der Waals surface area contributed by atoms with Gasteiger partial charge in [0, 0.05) is 18.0 Å². The van der Waals surface area contributed by atoms with E-state index in [9.17, 15) is 14.4 Å². The first kappa shape index (κ1) is 16.5. The Labute approximate surface area is 152 Å². The van der Waals surface area contributed by atoms with Gasteiger partial charge in [-0.05, 0) is 29.3 Å². The maximum atomic E-state index is 13.2. The highest BCUT2D eigenvalue weighted by Gasteiger charge is 2.34. The zero-order chi connectivity index (χ0) is 19.0. The summed E-state index contributed by atoms with van der Waals surface area (Å²) in [4.78, 5) is 23.1. The maximum absolute atomic E-state index is 13.2. The summed E-state index contributed by atoms with van der Waals surface area (Å²) in [7, 11) is 0. The largest absolute Gasteiger partial charge is 0.422 e. The second kappa shape index (κ2) is 6.38. The van der Waals surface area contributed by atoms with Gasteiger partial charge >= 0.3 is 0 Å². The van der Waals surface area contributed by atoms with E-state index in [1.807, 2.05) is 6.07 Å². The normalized spacial score (nSPS) is 15.6. The van der Waals surface area contributed by atoms with Crippen molar-refractivity contribution in [1.82, 2.24) is 15.0 Å². The van der Waals surface area contributed by atoms with Gasteiger partial charge in [-0.3, -0.25) is 9.78 Å². The molecule has 2 aromatic heterocycles. The number of rotatable bonds is 2. The van der Waals surface area contributed by atoms with E-state index in [1.165, 1.54) is 18.5 Å². The Morgan fingerprint density at radius 1 is 1.22 bits per heavy atom. The van der Waals surface area contributed by atoms with E-state index >= 15 is 0 Å². The molecule has 3 aromatic rings. The molecule has 8 heteroatoms. The highest BCUT2D eigenvalue weighted by Crippen LogP contribution is 2.39. The van der Waals surface area contributed by atoms with Crippen LogP contribution in [-0.2, 0) is 0 Å². The van der Waals surface area contributed by atoms with E-state index in [-0.39, 0.29) is 28.7 Å². The molecule has 0 spiro atoms. The molecule has 1 atom stereocenters. The Bertz CT molecular complexity index is 1160. The first-order chi connectivity index (χ1) is 13.1. The highest BCUT2D eigenvalue weighted by molar-refractivity contribution is 5.64. The van der Waals surface area contributed by atoms with Crippen molar-refractivity contribution < 1.29 is 9.13 Å². The minimum atomic E-state index is -0.774. The number of benzene rings is 1. The molecule has 7 nitrogen and oxygen atoms in total. The van der Waals surface area contributed by atoms with E-state index in [2.05, 4.69) is 15.0 Å². The summed E-state index contributed by atoms with van der Waals surface area (Å²) in [6, 6.07) is 9.72. The molecule has 1 unspecified atom stereocenters. The van der Waals surface area contributed by atoms with Crippen molar-refractivity contribution >= 4 is 0 Å². The fourth-order valence-corrected chi connectivity index (χ4v) is 3.04. The monoisotopic (exact) mass is 361 g/mol. The summed E-state index contributed by atoms with van der Waals surface area (Å²) in [6.45, 7) is 0. The van der Waals surface area contributed by atoms with Gasteiger partial charge in [0.1, 0.15) is 17.5 Å². The average Bonchev–Trinajstić information content (AvgIpc) is 2.68. The number of fused-ring (bicyclic) bond motifs is 1. The van der Waals surface area contributed by atoms with Crippen LogP contribution >= 0.6 is 0 Å². The lowest BCUT2D eigenvalue weighted by atomic mass is 9.85. The lowest BCUT2D eigenvalue weighted by Crippen LogP contribution is -2.28. The average molecular weight is 361 g/mol. The number of ether oxygens (including phenoxy) is 1. The minimum absolute atomic E-state index is 0.0486. The molecular formula is C19H12FN5O2. The number of hydrogen-bond donors (Lipinski definition) is 2. The van der Waals surface area contributed by atoms with Crippen LogP contribution in [-0.4, -0.2) is 15.0 Å². The number of nitrogens with one attached hydrogen (secondary N) is 1. The number of nitrogens with two attached hydrogens (primary N) is 1. The molecule has 0 bridgehead atoms. The Hall–Kier alpha value is -3.99. The van der Waals surface area contributed by atoms with Crippen LogP contribution in [0, 0.1) is 17.1 Å². The third-order valence-corrected chi connectivity index (χ3v) is 4.29. The minimum Gasteiger partial charge on any atom is -0.422 e. The van der Waals surface area contributed by atoms with Gasteiger partial charge in [-0.25, -0.2) is 9.37 Å². The van der Waals surface area contributed by atoms with Crippen LogP contribution in [0.15, 0.2) is 65.3 Å². The predicted molar refractivity (Wildman–Crippen MR) is 93.8 cm³/mol. The third kappa shape index (κ3) is 2.81. The number of pyridine rings is 1. The second-order valence-electron chi connectivity index (χ2n) is 5.89. The molecule has 4 rings (SSSR count). The first-order valence-corrected chi connectivity index (χ1v) is 7.94. The van der Waals surface area contributed by atoms with Crippen molar-refractivity contribution in [2.24, 2.45) is 5.73 Å². The lowest BCUT2D eigenvalue weighted by molar-refractivity contribution is 0.375. The molecule has 1 aromatic carbocycles. The third-order valence-electron chi connectivity index (χ3n) is 4.29. The van der Waals surface area contributed by atoms with Crippen molar-refractivity contribution in [3.05, 3.63) is 87.8 Å². The van der Waals surface area contributed by atoms with E-state index in [4.69, 9.17) is 10.5 Å². The maximum Gasteiger partial charge on any atom is 0.258 e. The molecule has 3 heterocycles. The van der Waals surface area contributed by atoms with Crippen molar-refractivity contribution in [3.8, 4) is 23.1 Å². The molecular weight excluding hydrogens is 349 g/mol. The van der Waals surface area contributed by atoms with Crippen molar-refractivity contribution in [2.75, 3.05) is 0 Å². The van der Waals surface area contributed by atoms with Crippen molar-refractivity contribution in [2.45, 2.75) is 5.92 Å². The first-order valence-electron chi connectivity index (χ1n) is 7.94. The summed E-state index contributed by atoms with van der Waals surface area (Å²) in [5.41, 5.74) is 7.73. The van der Waals surface area contributed by atoms with Gasteiger partial charge in [-0.2, -0.15) is 5.26 Å². The number of hydrogen-bond acceptors (Lipinski definition) is 6. The molecule has 0 amide bonds. The number of allylic oxidation sites excluding steroid dienone is 1. The number of nitriles is 1. The highest BCUT2D eigenvalue weighted by atomic mass is 19.1. The van der Waals surface area contributed by atoms with Gasteiger partial charge in [0.15, 0.2) is 0 Å². The number of H-pyrrole nitrogens is 1. The standard InChI is InChI=1S/C19H12FN5O2/c20-13-3-1-10(2-4-13)11-5-12(8-23-7-11)15-14(6-21)17(22)27-19-16(15)18(26)24-9-25-19/h1-5,7-9,15H,22H2,(H,24,25,26). The molecule has 0 aliphatic carbocycles. The SMILES string of the molecule is N#CC1=C(N)Oc2nc[nH]c(=O)c2C1c1cncc(-c2ccc(F)cc2)c1. The summed E-state index contributed by atoms with van der Waals surface area (Å²) in [5.74, 6) is -1.18. The number of aromatic amines is 1. The number of aromatic nitrogens is 3. The van der Waals surface area contributed by atoms with Crippen LogP contribution in [0.2, 0.25) is 0 Å². The Kier molecular flexibility index (Phi) is 3.90.